The highest BCUT2D eigenvalue weighted by Crippen LogP contribution is 1.59. The molecule has 0 saturated carbocycles. The summed E-state index contributed by atoms with van der Waals surface area (Å²) in [5, 5.41) is 7.85. The van der Waals surface area contributed by atoms with E-state index in [-0.39, 0.29) is 5.96 Å². The zero-order chi connectivity index (χ0) is 6.41. The standard InChI is InChI=1S/C3H6N4O/c1-8-7-3(5)6-2-4/h1H3,(H3,5,6,7). The maximum absolute atomic E-state index is 7.85. The van der Waals surface area contributed by atoms with E-state index in [9.17, 15) is 0 Å². The Kier molecular flexibility index (Phi) is 3.27. The predicted octanol–water partition coefficient (Wildman–Crippen LogP) is -1.07. The summed E-state index contributed by atoms with van der Waals surface area (Å²) >= 11 is 0. The van der Waals surface area contributed by atoms with Crippen molar-refractivity contribution in [1.82, 2.24) is 5.48 Å². The number of nitrogens with zero attached hydrogens (tertiary/aromatic N) is 2. The third-order valence-corrected chi connectivity index (χ3v) is 0.377. The number of hydroxylamine groups is 1. The first kappa shape index (κ1) is 6.72. The molecule has 0 aliphatic carbocycles. The normalized spacial score (nSPS) is 10.2. The molecule has 0 atom stereocenters. The molecule has 0 unspecified atom stereocenters. The van der Waals surface area contributed by atoms with Crippen molar-refractivity contribution < 1.29 is 4.84 Å². The lowest BCUT2D eigenvalue weighted by molar-refractivity contribution is 0.143. The summed E-state index contributed by atoms with van der Waals surface area (Å²) in [6, 6.07) is 0. The highest BCUT2D eigenvalue weighted by molar-refractivity contribution is 5.77. The second-order valence-electron chi connectivity index (χ2n) is 0.903. The van der Waals surface area contributed by atoms with Gasteiger partial charge in [0.15, 0.2) is 0 Å². The molecule has 0 heterocycles. The van der Waals surface area contributed by atoms with Crippen molar-refractivity contribution in [1.29, 1.82) is 5.26 Å². The number of hydrogen-bond donors (Lipinski definition) is 2. The SMILES string of the molecule is CONC(N)=NC#N. The first-order valence-corrected chi connectivity index (χ1v) is 1.82. The van der Waals surface area contributed by atoms with E-state index in [0.717, 1.165) is 0 Å². The summed E-state index contributed by atoms with van der Waals surface area (Å²) < 4.78 is 0. The van der Waals surface area contributed by atoms with Gasteiger partial charge in [0.25, 0.3) is 0 Å². The van der Waals surface area contributed by atoms with E-state index in [1.165, 1.54) is 13.3 Å². The number of rotatable bonds is 1. The molecule has 0 aliphatic rings. The highest BCUT2D eigenvalue weighted by Gasteiger charge is 1.81. The molecule has 5 nitrogen and oxygen atoms in total. The van der Waals surface area contributed by atoms with E-state index in [0.29, 0.717) is 0 Å². The Labute approximate surface area is 46.7 Å². The van der Waals surface area contributed by atoms with E-state index in [2.05, 4.69) is 15.3 Å². The minimum absolute atomic E-state index is 0.0463. The first-order valence-electron chi connectivity index (χ1n) is 1.82. The van der Waals surface area contributed by atoms with Gasteiger partial charge in [-0.3, -0.25) is 4.84 Å². The van der Waals surface area contributed by atoms with Crippen LogP contribution in [-0.4, -0.2) is 13.1 Å². The van der Waals surface area contributed by atoms with E-state index in [1.54, 1.807) is 0 Å². The lowest BCUT2D eigenvalue weighted by atomic mass is 11.0. The van der Waals surface area contributed by atoms with Crippen LogP contribution in [0.25, 0.3) is 0 Å². The van der Waals surface area contributed by atoms with Crippen LogP contribution in [0.5, 0.6) is 0 Å². The van der Waals surface area contributed by atoms with Gasteiger partial charge in [0, 0.05) is 0 Å². The van der Waals surface area contributed by atoms with Gasteiger partial charge in [0.05, 0.1) is 7.11 Å². The van der Waals surface area contributed by atoms with E-state index >= 15 is 0 Å². The van der Waals surface area contributed by atoms with Gasteiger partial charge in [-0.2, -0.15) is 5.26 Å². The molecule has 5 heteroatoms. The van der Waals surface area contributed by atoms with Crippen LogP contribution < -0.4 is 11.2 Å². The average molecular weight is 114 g/mol. The largest absolute Gasteiger partial charge is 0.367 e. The van der Waals surface area contributed by atoms with Gasteiger partial charge in [0.2, 0.25) is 12.2 Å². The van der Waals surface area contributed by atoms with Crippen LogP contribution in [0.4, 0.5) is 0 Å². The van der Waals surface area contributed by atoms with Crippen LogP contribution >= 0.6 is 0 Å². The molecule has 0 aromatic rings. The van der Waals surface area contributed by atoms with Gasteiger partial charge < -0.3 is 5.73 Å². The Balaban J connectivity index is 3.49. The number of nitrogens with one attached hydrogen (secondary N) is 1. The van der Waals surface area contributed by atoms with Gasteiger partial charge in [-0.15, -0.1) is 4.99 Å². The lowest BCUT2D eigenvalue weighted by Crippen LogP contribution is -2.29. The Morgan fingerprint density at radius 3 is 3.00 bits per heavy atom. The molecule has 3 N–H and O–H groups in total. The fourth-order valence-corrected chi connectivity index (χ4v) is 0.181. The molecule has 0 amide bonds. The zero-order valence-corrected chi connectivity index (χ0v) is 4.38. The Hall–Kier alpha value is -1.28. The summed E-state index contributed by atoms with van der Waals surface area (Å²) in [6.45, 7) is 0. The number of hydrogen-bond acceptors (Lipinski definition) is 3. The topological polar surface area (TPSA) is 83.4 Å². The minimum Gasteiger partial charge on any atom is -0.367 e. The van der Waals surface area contributed by atoms with Crippen LogP contribution in [0.2, 0.25) is 0 Å². The fourth-order valence-electron chi connectivity index (χ4n) is 0.181. The molecule has 0 aromatic heterocycles. The summed E-state index contributed by atoms with van der Waals surface area (Å²) in [5.74, 6) is -0.0463. The molecule has 0 rings (SSSR count). The molecule has 0 bridgehead atoms. The monoisotopic (exact) mass is 114 g/mol. The molecule has 44 valence electrons. The molecular weight excluding hydrogens is 108 g/mol. The van der Waals surface area contributed by atoms with Crippen molar-refractivity contribution in [2.75, 3.05) is 7.11 Å². The van der Waals surface area contributed by atoms with Crippen molar-refractivity contribution in [3.8, 4) is 6.19 Å². The van der Waals surface area contributed by atoms with E-state index in [1.807, 2.05) is 0 Å². The van der Waals surface area contributed by atoms with Crippen molar-refractivity contribution >= 4 is 5.96 Å². The summed E-state index contributed by atoms with van der Waals surface area (Å²) in [6.07, 6.45) is 1.47. The molecular formula is C3H6N4O. The van der Waals surface area contributed by atoms with E-state index in [4.69, 9.17) is 11.0 Å². The van der Waals surface area contributed by atoms with Crippen molar-refractivity contribution in [2.45, 2.75) is 0 Å². The molecule has 0 radical (unpaired) electrons. The van der Waals surface area contributed by atoms with E-state index < -0.39 is 0 Å². The molecule has 0 aliphatic heterocycles. The van der Waals surface area contributed by atoms with Crippen LogP contribution in [0.15, 0.2) is 4.99 Å². The summed E-state index contributed by atoms with van der Waals surface area (Å²) in [5.41, 5.74) is 7.14. The summed E-state index contributed by atoms with van der Waals surface area (Å²) in [4.78, 5) is 7.38. The molecule has 0 spiro atoms. The Morgan fingerprint density at radius 2 is 2.62 bits per heavy atom. The smallest absolute Gasteiger partial charge is 0.228 e. The highest BCUT2D eigenvalue weighted by atomic mass is 16.6. The van der Waals surface area contributed by atoms with Gasteiger partial charge >= 0.3 is 0 Å². The predicted molar refractivity (Wildman–Crippen MR) is 27.4 cm³/mol. The molecule has 0 aromatic carbocycles. The number of guanidine groups is 1. The number of nitrogens with two attached hydrogens (primary N) is 1. The fraction of sp³-hybridized carbons (Fsp3) is 0.333. The Morgan fingerprint density at radius 1 is 2.00 bits per heavy atom. The Bertz CT molecular complexity index is 124. The summed E-state index contributed by atoms with van der Waals surface area (Å²) in [7, 11) is 1.37. The first-order chi connectivity index (χ1) is 3.81. The third-order valence-electron chi connectivity index (χ3n) is 0.377. The van der Waals surface area contributed by atoms with Gasteiger partial charge in [-0.1, -0.05) is 0 Å². The minimum atomic E-state index is -0.0463. The van der Waals surface area contributed by atoms with Gasteiger partial charge in [0.1, 0.15) is 0 Å². The van der Waals surface area contributed by atoms with Crippen molar-refractivity contribution in [3.63, 3.8) is 0 Å². The van der Waals surface area contributed by atoms with Crippen LogP contribution in [0.1, 0.15) is 0 Å². The van der Waals surface area contributed by atoms with Crippen molar-refractivity contribution in [3.05, 3.63) is 0 Å². The van der Waals surface area contributed by atoms with Gasteiger partial charge in [-0.05, 0) is 0 Å². The third kappa shape index (κ3) is 2.93. The number of nitriles is 1. The van der Waals surface area contributed by atoms with Crippen LogP contribution in [-0.2, 0) is 4.84 Å². The zero-order valence-electron chi connectivity index (χ0n) is 4.38. The maximum Gasteiger partial charge on any atom is 0.228 e. The van der Waals surface area contributed by atoms with Gasteiger partial charge in [-0.25, -0.2) is 5.48 Å². The average Bonchev–Trinajstić information content (AvgIpc) is 1.68. The number of aliphatic imine (C=N–C) groups is 1. The second kappa shape index (κ2) is 3.89. The second-order valence-corrected chi connectivity index (χ2v) is 0.903. The quantitative estimate of drug-likeness (QED) is 0.197. The maximum atomic E-state index is 7.85. The van der Waals surface area contributed by atoms with Crippen molar-refractivity contribution in [2.24, 2.45) is 10.7 Å². The molecule has 8 heavy (non-hydrogen) atoms. The van der Waals surface area contributed by atoms with Crippen LogP contribution in [0, 0.1) is 11.5 Å². The lowest BCUT2D eigenvalue weighted by Gasteiger charge is -1.95. The molecule has 0 fully saturated rings. The van der Waals surface area contributed by atoms with Crippen LogP contribution in [0.3, 0.4) is 0 Å². The molecule has 0 saturated heterocycles.